The number of hydrogen-bond acceptors (Lipinski definition) is 4. The molecule has 0 spiro atoms. The van der Waals surface area contributed by atoms with Crippen molar-refractivity contribution in [2.75, 3.05) is 11.9 Å². The van der Waals surface area contributed by atoms with Crippen LogP contribution in [0.15, 0.2) is 41.1 Å². The van der Waals surface area contributed by atoms with Gasteiger partial charge in [-0.1, -0.05) is 0 Å². The van der Waals surface area contributed by atoms with Crippen molar-refractivity contribution in [3.8, 4) is 5.75 Å². The maximum Gasteiger partial charge on any atom is 0.135 e. The highest BCUT2D eigenvalue weighted by molar-refractivity contribution is 9.10. The van der Waals surface area contributed by atoms with Gasteiger partial charge in [0.1, 0.15) is 17.4 Å². The second-order valence-corrected chi connectivity index (χ2v) is 6.16. The van der Waals surface area contributed by atoms with Crippen LogP contribution in [0.25, 0.3) is 10.9 Å². The zero-order valence-electron chi connectivity index (χ0n) is 12.1. The highest BCUT2D eigenvalue weighted by Gasteiger charge is 2.19. The molecule has 1 aliphatic heterocycles. The molecular weight excluding hydrogens is 361 g/mol. The Hall–Kier alpha value is -2.21. The first-order valence-corrected chi connectivity index (χ1v) is 8.09. The molecule has 116 valence electrons. The number of fused-ring (bicyclic) bond motifs is 2. The van der Waals surface area contributed by atoms with Crippen LogP contribution in [0, 0.1) is 5.82 Å². The Kier molecular flexibility index (Phi) is 3.61. The van der Waals surface area contributed by atoms with Gasteiger partial charge in [0.25, 0.3) is 0 Å². The van der Waals surface area contributed by atoms with Gasteiger partial charge in [-0.2, -0.15) is 0 Å². The minimum atomic E-state index is -0.221. The lowest BCUT2D eigenvalue weighted by Crippen LogP contribution is -2.06. The van der Waals surface area contributed by atoms with E-state index < -0.39 is 0 Å². The molecule has 4 nitrogen and oxygen atoms in total. The van der Waals surface area contributed by atoms with Crippen LogP contribution in [-0.4, -0.2) is 16.6 Å². The summed E-state index contributed by atoms with van der Waals surface area (Å²) in [4.78, 5) is 8.74. The fourth-order valence-electron chi connectivity index (χ4n) is 2.86. The topological polar surface area (TPSA) is 47.0 Å². The highest BCUT2D eigenvalue weighted by atomic mass is 79.9. The molecule has 0 unspecified atom stereocenters. The predicted octanol–water partition coefficient (Wildman–Crippen LogP) is 4.08. The molecular formula is C17H13BrFN3O. The summed E-state index contributed by atoms with van der Waals surface area (Å²) in [5.74, 6) is 1.24. The quantitative estimate of drug-likeness (QED) is 0.751. The van der Waals surface area contributed by atoms with Crippen LogP contribution in [0.1, 0.15) is 11.1 Å². The zero-order valence-corrected chi connectivity index (χ0v) is 13.7. The summed E-state index contributed by atoms with van der Waals surface area (Å²) in [7, 11) is 0. The Morgan fingerprint density at radius 2 is 2.17 bits per heavy atom. The van der Waals surface area contributed by atoms with Crippen molar-refractivity contribution in [1.29, 1.82) is 0 Å². The average molecular weight is 374 g/mol. The van der Waals surface area contributed by atoms with E-state index >= 15 is 0 Å². The predicted molar refractivity (Wildman–Crippen MR) is 90.2 cm³/mol. The Morgan fingerprint density at radius 1 is 1.26 bits per heavy atom. The maximum atomic E-state index is 14.2. The zero-order chi connectivity index (χ0) is 15.8. The molecule has 0 amide bonds. The van der Waals surface area contributed by atoms with Gasteiger partial charge in [0.2, 0.25) is 0 Å². The Morgan fingerprint density at radius 3 is 3.09 bits per heavy atom. The van der Waals surface area contributed by atoms with Crippen LogP contribution < -0.4 is 10.1 Å². The van der Waals surface area contributed by atoms with Gasteiger partial charge < -0.3 is 10.1 Å². The third kappa shape index (κ3) is 2.53. The number of nitrogens with zero attached hydrogens (tertiary/aromatic N) is 2. The van der Waals surface area contributed by atoms with E-state index in [9.17, 15) is 4.39 Å². The molecule has 0 radical (unpaired) electrons. The van der Waals surface area contributed by atoms with Crippen molar-refractivity contribution >= 4 is 32.7 Å². The van der Waals surface area contributed by atoms with Crippen LogP contribution in [-0.2, 0) is 13.0 Å². The average Bonchev–Trinajstić information content (AvgIpc) is 3.05. The van der Waals surface area contributed by atoms with Crippen molar-refractivity contribution in [1.82, 2.24) is 9.97 Å². The Labute approximate surface area is 140 Å². The summed E-state index contributed by atoms with van der Waals surface area (Å²) in [6.07, 6.45) is 4.17. The minimum Gasteiger partial charge on any atom is -0.493 e. The van der Waals surface area contributed by atoms with Gasteiger partial charge in [-0.15, -0.1) is 0 Å². The van der Waals surface area contributed by atoms with E-state index in [4.69, 9.17) is 4.74 Å². The van der Waals surface area contributed by atoms with E-state index in [1.165, 1.54) is 6.07 Å². The molecule has 0 bridgehead atoms. The largest absolute Gasteiger partial charge is 0.493 e. The number of ether oxygens (including phenoxy) is 1. The van der Waals surface area contributed by atoms with Crippen LogP contribution >= 0.6 is 15.9 Å². The number of anilines is 1. The number of benzene rings is 1. The number of halogens is 2. The third-order valence-corrected chi connectivity index (χ3v) is 4.55. The highest BCUT2D eigenvalue weighted by Crippen LogP contribution is 2.31. The van der Waals surface area contributed by atoms with Crippen molar-refractivity contribution in [2.24, 2.45) is 0 Å². The third-order valence-electron chi connectivity index (χ3n) is 3.97. The van der Waals surface area contributed by atoms with E-state index in [-0.39, 0.29) is 5.82 Å². The van der Waals surface area contributed by atoms with Gasteiger partial charge in [0.05, 0.1) is 16.6 Å². The Balaban J connectivity index is 1.69. The van der Waals surface area contributed by atoms with E-state index in [0.29, 0.717) is 24.5 Å². The van der Waals surface area contributed by atoms with E-state index in [1.807, 2.05) is 12.1 Å². The second kappa shape index (κ2) is 5.77. The smallest absolute Gasteiger partial charge is 0.135 e. The van der Waals surface area contributed by atoms with Gasteiger partial charge in [-0.3, -0.25) is 4.98 Å². The molecule has 2 aromatic heterocycles. The maximum absolute atomic E-state index is 14.2. The fourth-order valence-corrected chi connectivity index (χ4v) is 3.28. The molecule has 3 heterocycles. The Bertz CT molecular complexity index is 900. The summed E-state index contributed by atoms with van der Waals surface area (Å²) >= 11 is 3.45. The van der Waals surface area contributed by atoms with E-state index in [1.54, 1.807) is 18.5 Å². The van der Waals surface area contributed by atoms with Gasteiger partial charge >= 0.3 is 0 Å². The number of rotatable bonds is 3. The first kappa shape index (κ1) is 14.4. The number of pyridine rings is 2. The number of aromatic nitrogens is 2. The second-order valence-electron chi connectivity index (χ2n) is 5.31. The molecule has 0 fully saturated rings. The van der Waals surface area contributed by atoms with Crippen LogP contribution in [0.2, 0.25) is 0 Å². The molecule has 3 aromatic rings. The fraction of sp³-hybridized carbons (Fsp3) is 0.176. The SMILES string of the molecule is Fc1ccc2c(c1CNc1ncc(Br)c3ncccc13)CCO2. The summed E-state index contributed by atoms with van der Waals surface area (Å²) in [5, 5.41) is 4.13. The first-order valence-electron chi connectivity index (χ1n) is 7.30. The van der Waals surface area contributed by atoms with Crippen molar-refractivity contribution in [3.63, 3.8) is 0 Å². The number of hydrogen-bond donors (Lipinski definition) is 1. The standard InChI is InChI=1S/C17H13BrFN3O/c18-13-9-22-17(11-2-1-6-20-16(11)13)21-8-12-10-5-7-23-15(10)4-3-14(12)19/h1-4,6,9H,5,7-8H2,(H,21,22). The van der Waals surface area contributed by atoms with Gasteiger partial charge in [-0.25, -0.2) is 9.37 Å². The van der Waals surface area contributed by atoms with E-state index in [2.05, 4.69) is 31.2 Å². The summed E-state index contributed by atoms with van der Waals surface area (Å²) < 4.78 is 20.5. The van der Waals surface area contributed by atoms with Crippen molar-refractivity contribution in [3.05, 3.63) is 58.1 Å². The van der Waals surface area contributed by atoms with Gasteiger partial charge in [-0.05, 0) is 40.2 Å². The van der Waals surface area contributed by atoms with Crippen LogP contribution in [0.5, 0.6) is 5.75 Å². The first-order chi connectivity index (χ1) is 11.2. The summed E-state index contributed by atoms with van der Waals surface area (Å²) in [6.45, 7) is 0.964. The van der Waals surface area contributed by atoms with Gasteiger partial charge in [0, 0.05) is 41.9 Å². The monoisotopic (exact) mass is 373 g/mol. The molecule has 1 aliphatic rings. The molecule has 0 aliphatic carbocycles. The lowest BCUT2D eigenvalue weighted by Gasteiger charge is -2.12. The van der Waals surface area contributed by atoms with Gasteiger partial charge in [0.15, 0.2) is 0 Å². The summed E-state index contributed by atoms with van der Waals surface area (Å²) in [6, 6.07) is 6.95. The number of nitrogens with one attached hydrogen (secondary N) is 1. The molecule has 0 atom stereocenters. The lowest BCUT2D eigenvalue weighted by atomic mass is 10.0. The van der Waals surface area contributed by atoms with Crippen LogP contribution in [0.3, 0.4) is 0 Å². The minimum absolute atomic E-state index is 0.221. The molecule has 0 saturated carbocycles. The normalized spacial score (nSPS) is 13.0. The van der Waals surface area contributed by atoms with Crippen molar-refractivity contribution in [2.45, 2.75) is 13.0 Å². The molecule has 0 saturated heterocycles. The molecule has 23 heavy (non-hydrogen) atoms. The molecule has 1 N–H and O–H groups in total. The lowest BCUT2D eigenvalue weighted by molar-refractivity contribution is 0.356. The molecule has 6 heteroatoms. The molecule has 4 rings (SSSR count). The van der Waals surface area contributed by atoms with Crippen LogP contribution in [0.4, 0.5) is 10.2 Å². The summed E-state index contributed by atoms with van der Waals surface area (Å²) in [5.41, 5.74) is 2.41. The van der Waals surface area contributed by atoms with Crippen molar-refractivity contribution < 1.29 is 9.13 Å². The van der Waals surface area contributed by atoms with E-state index in [0.717, 1.165) is 33.1 Å². The molecule has 1 aromatic carbocycles.